The smallest absolute Gasteiger partial charge is 0.243 e. The van der Waals surface area contributed by atoms with Gasteiger partial charge >= 0.3 is 0 Å². The Morgan fingerprint density at radius 1 is 1.33 bits per heavy atom. The Morgan fingerprint density at radius 3 is 2.57 bits per heavy atom. The Morgan fingerprint density at radius 2 is 2.00 bits per heavy atom. The van der Waals surface area contributed by atoms with E-state index in [9.17, 15) is 8.42 Å². The van der Waals surface area contributed by atoms with Crippen LogP contribution in [0.4, 0.5) is 0 Å². The summed E-state index contributed by atoms with van der Waals surface area (Å²) in [5.74, 6) is 0. The van der Waals surface area contributed by atoms with E-state index in [2.05, 4.69) is 0 Å². The first-order chi connectivity index (χ1) is 9.98. The zero-order valence-electron chi connectivity index (χ0n) is 12.7. The van der Waals surface area contributed by atoms with E-state index in [1.165, 1.54) is 0 Å². The van der Waals surface area contributed by atoms with Crippen molar-refractivity contribution in [2.24, 2.45) is 5.73 Å². The lowest BCUT2D eigenvalue weighted by atomic mass is 10.1. The number of hydrogen-bond acceptors (Lipinski definition) is 4. The first-order valence-electron chi connectivity index (χ1n) is 7.40. The molecule has 0 radical (unpaired) electrons. The summed E-state index contributed by atoms with van der Waals surface area (Å²) in [4.78, 5) is 0.336. The Labute approximate surface area is 127 Å². The maximum absolute atomic E-state index is 12.7. The first-order valence-corrected chi connectivity index (χ1v) is 8.84. The molecule has 21 heavy (non-hydrogen) atoms. The second-order valence-corrected chi connectivity index (χ2v) is 7.29. The van der Waals surface area contributed by atoms with Crippen molar-refractivity contribution in [1.82, 2.24) is 4.31 Å². The van der Waals surface area contributed by atoms with Gasteiger partial charge in [-0.3, -0.25) is 0 Å². The lowest BCUT2D eigenvalue weighted by Crippen LogP contribution is -2.40. The predicted molar refractivity (Wildman–Crippen MR) is 82.5 cm³/mol. The monoisotopic (exact) mass is 312 g/mol. The van der Waals surface area contributed by atoms with Crippen molar-refractivity contribution in [2.45, 2.75) is 44.2 Å². The number of nitrogens with two attached hydrogens (primary N) is 1. The molecule has 1 aromatic rings. The van der Waals surface area contributed by atoms with Gasteiger partial charge in [0.2, 0.25) is 10.0 Å². The van der Waals surface area contributed by atoms with Crippen LogP contribution in [0.3, 0.4) is 0 Å². The molecule has 0 aromatic heterocycles. The lowest BCUT2D eigenvalue weighted by molar-refractivity contribution is 0.0290. The van der Waals surface area contributed by atoms with Crippen LogP contribution in [0.25, 0.3) is 0 Å². The Bertz CT molecular complexity index is 579. The van der Waals surface area contributed by atoms with Crippen LogP contribution in [0, 0.1) is 6.92 Å². The van der Waals surface area contributed by atoms with Crippen LogP contribution in [0.2, 0.25) is 0 Å². The fraction of sp³-hybridized carbons (Fsp3) is 0.600. The van der Waals surface area contributed by atoms with Crippen LogP contribution in [-0.2, 0) is 21.3 Å². The van der Waals surface area contributed by atoms with Crippen molar-refractivity contribution in [3.63, 3.8) is 0 Å². The molecule has 0 spiro atoms. The average Bonchev–Trinajstić information content (AvgIpc) is 2.48. The molecule has 1 aromatic carbocycles. The molecule has 0 aliphatic carbocycles. The molecule has 0 bridgehead atoms. The van der Waals surface area contributed by atoms with Crippen molar-refractivity contribution in [1.29, 1.82) is 0 Å². The van der Waals surface area contributed by atoms with Crippen LogP contribution >= 0.6 is 0 Å². The molecular weight excluding hydrogens is 288 g/mol. The highest BCUT2D eigenvalue weighted by Gasteiger charge is 2.29. The fourth-order valence-corrected chi connectivity index (χ4v) is 4.17. The van der Waals surface area contributed by atoms with Gasteiger partial charge in [0.15, 0.2) is 0 Å². The predicted octanol–water partition coefficient (Wildman–Crippen LogP) is 1.64. The van der Waals surface area contributed by atoms with Gasteiger partial charge in [-0.1, -0.05) is 6.07 Å². The zero-order valence-corrected chi connectivity index (χ0v) is 13.5. The van der Waals surface area contributed by atoms with Crippen LogP contribution in [-0.4, -0.2) is 38.5 Å². The van der Waals surface area contributed by atoms with Crippen LogP contribution in [0.15, 0.2) is 23.1 Å². The van der Waals surface area contributed by atoms with E-state index in [0.717, 1.165) is 24.0 Å². The van der Waals surface area contributed by atoms with Gasteiger partial charge in [0.25, 0.3) is 0 Å². The number of benzene rings is 1. The summed E-state index contributed by atoms with van der Waals surface area (Å²) >= 11 is 0. The van der Waals surface area contributed by atoms with E-state index in [4.69, 9.17) is 10.5 Å². The van der Waals surface area contributed by atoms with Crippen molar-refractivity contribution in [2.75, 3.05) is 19.7 Å². The molecule has 2 N–H and O–H groups in total. The minimum absolute atomic E-state index is 0.180. The van der Waals surface area contributed by atoms with Gasteiger partial charge in [-0.2, -0.15) is 4.31 Å². The van der Waals surface area contributed by atoms with Gasteiger partial charge in [-0.15, -0.1) is 0 Å². The maximum Gasteiger partial charge on any atom is 0.243 e. The third-order valence-electron chi connectivity index (χ3n) is 3.98. The Balaban J connectivity index is 2.15. The van der Waals surface area contributed by atoms with Gasteiger partial charge < -0.3 is 10.5 Å². The highest BCUT2D eigenvalue weighted by Crippen LogP contribution is 2.23. The molecule has 1 aliphatic rings. The first kappa shape index (κ1) is 16.4. The zero-order chi connectivity index (χ0) is 15.5. The largest absolute Gasteiger partial charge is 0.378 e. The second kappa shape index (κ2) is 6.87. The number of rotatable bonds is 5. The normalized spacial score (nSPS) is 18.0. The number of sulfonamides is 1. The fourth-order valence-electron chi connectivity index (χ4n) is 2.65. The quantitative estimate of drug-likeness (QED) is 0.897. The van der Waals surface area contributed by atoms with Crippen molar-refractivity contribution >= 4 is 10.0 Å². The van der Waals surface area contributed by atoms with Crippen molar-refractivity contribution in [3.8, 4) is 0 Å². The van der Waals surface area contributed by atoms with Crippen molar-refractivity contribution in [3.05, 3.63) is 29.3 Å². The molecule has 1 heterocycles. The van der Waals surface area contributed by atoms with Gasteiger partial charge in [0.1, 0.15) is 0 Å². The summed E-state index contributed by atoms with van der Waals surface area (Å²) in [5.41, 5.74) is 7.56. The summed E-state index contributed by atoms with van der Waals surface area (Å²) in [6, 6.07) is 5.18. The molecular formula is C15H24N2O3S. The molecule has 2 rings (SSSR count). The molecule has 1 aliphatic heterocycles. The molecule has 0 saturated carbocycles. The number of nitrogens with zero attached hydrogens (tertiary/aromatic N) is 1. The minimum Gasteiger partial charge on any atom is -0.378 e. The van der Waals surface area contributed by atoms with Gasteiger partial charge in [-0.25, -0.2) is 8.42 Å². The molecule has 6 heteroatoms. The van der Waals surface area contributed by atoms with Gasteiger partial charge in [0.05, 0.1) is 11.0 Å². The van der Waals surface area contributed by atoms with E-state index < -0.39 is 10.0 Å². The van der Waals surface area contributed by atoms with E-state index in [-0.39, 0.29) is 6.10 Å². The summed E-state index contributed by atoms with van der Waals surface area (Å²) in [7, 11) is -3.43. The minimum atomic E-state index is -3.43. The molecule has 5 nitrogen and oxygen atoms in total. The van der Waals surface area contributed by atoms with Crippen molar-refractivity contribution < 1.29 is 13.2 Å². The Kier molecular flexibility index (Phi) is 5.37. The molecule has 118 valence electrons. The van der Waals surface area contributed by atoms with E-state index in [1.807, 2.05) is 19.9 Å². The third kappa shape index (κ3) is 3.63. The van der Waals surface area contributed by atoms with Crippen LogP contribution in [0.1, 0.15) is 30.9 Å². The topological polar surface area (TPSA) is 72.6 Å². The third-order valence-corrected chi connectivity index (χ3v) is 5.88. The molecule has 1 fully saturated rings. The van der Waals surface area contributed by atoms with E-state index >= 15 is 0 Å². The highest BCUT2D eigenvalue weighted by molar-refractivity contribution is 7.89. The summed E-state index contributed by atoms with van der Waals surface area (Å²) in [6.07, 6.45) is 1.69. The molecule has 0 amide bonds. The van der Waals surface area contributed by atoms with Gasteiger partial charge in [0, 0.05) is 26.2 Å². The maximum atomic E-state index is 12.7. The molecule has 0 atom stereocenters. The standard InChI is InChI=1S/C15H24N2O3S/c1-3-20-14-6-8-17(9-7-14)21(18,19)15-5-4-12(2)13(10-15)11-16/h4-5,10,14H,3,6-9,11,16H2,1-2H3. The summed E-state index contributed by atoms with van der Waals surface area (Å²) in [6.45, 7) is 5.95. The van der Waals surface area contributed by atoms with Gasteiger partial charge in [-0.05, 0) is 49.9 Å². The molecule has 1 saturated heterocycles. The van der Waals surface area contributed by atoms with Crippen LogP contribution in [0.5, 0.6) is 0 Å². The number of piperidine rings is 1. The lowest BCUT2D eigenvalue weighted by Gasteiger charge is -2.31. The number of hydrogen-bond donors (Lipinski definition) is 1. The summed E-state index contributed by atoms with van der Waals surface area (Å²) < 4.78 is 32.5. The SMILES string of the molecule is CCOC1CCN(S(=O)(=O)c2ccc(C)c(CN)c2)CC1. The average molecular weight is 312 g/mol. The number of aryl methyl sites for hydroxylation is 1. The highest BCUT2D eigenvalue weighted by atomic mass is 32.2. The van der Waals surface area contributed by atoms with E-state index in [1.54, 1.807) is 16.4 Å². The number of ether oxygens (including phenoxy) is 1. The second-order valence-electron chi connectivity index (χ2n) is 5.35. The Hall–Kier alpha value is -0.950. The summed E-state index contributed by atoms with van der Waals surface area (Å²) in [5, 5.41) is 0. The van der Waals surface area contributed by atoms with E-state index in [0.29, 0.717) is 31.1 Å². The molecule has 0 unspecified atom stereocenters. The van der Waals surface area contributed by atoms with Crippen LogP contribution < -0.4 is 5.73 Å².